The van der Waals surface area contributed by atoms with Gasteiger partial charge in [0.1, 0.15) is 0 Å². The molecule has 18 heavy (non-hydrogen) atoms. The molecule has 0 saturated carbocycles. The van der Waals surface area contributed by atoms with E-state index in [1.807, 2.05) is 0 Å². The van der Waals surface area contributed by atoms with Crippen molar-refractivity contribution < 1.29 is 9.53 Å². The van der Waals surface area contributed by atoms with Crippen LogP contribution in [0.4, 0.5) is 0 Å². The lowest BCUT2D eigenvalue weighted by molar-refractivity contribution is -0.143. The van der Waals surface area contributed by atoms with Gasteiger partial charge in [0, 0.05) is 11.3 Å². The van der Waals surface area contributed by atoms with Gasteiger partial charge in [-0.15, -0.1) is 0 Å². The lowest BCUT2D eigenvalue weighted by atomic mass is 10.2. The highest BCUT2D eigenvalue weighted by molar-refractivity contribution is 7.99. The number of H-pyrrole nitrogens is 1. The van der Waals surface area contributed by atoms with Gasteiger partial charge in [-0.2, -0.15) is 0 Å². The number of aryl methyl sites for hydroxylation is 1. The molecule has 0 aromatic carbocycles. The molecule has 0 unspecified atom stereocenters. The summed E-state index contributed by atoms with van der Waals surface area (Å²) in [5.41, 5.74) is 1.69. The summed E-state index contributed by atoms with van der Waals surface area (Å²) in [5, 5.41) is 0.594. The van der Waals surface area contributed by atoms with Crippen LogP contribution < -0.4 is 5.56 Å². The Morgan fingerprint density at radius 2 is 2.33 bits per heavy atom. The molecule has 0 radical (unpaired) electrons. The number of hydrogen-bond acceptors (Lipinski definition) is 5. The molecule has 0 amide bonds. The van der Waals surface area contributed by atoms with Crippen LogP contribution in [0.5, 0.6) is 0 Å². The van der Waals surface area contributed by atoms with Gasteiger partial charge in [0.05, 0.1) is 18.7 Å². The van der Waals surface area contributed by atoms with Crippen molar-refractivity contribution in [3.63, 3.8) is 0 Å². The minimum atomic E-state index is -0.244. The van der Waals surface area contributed by atoms with Crippen LogP contribution >= 0.6 is 11.8 Å². The number of fused-ring (bicyclic) bond motifs is 1. The highest BCUT2D eigenvalue weighted by Crippen LogP contribution is 2.21. The molecule has 1 atom stereocenters. The number of nitrogens with one attached hydrogen (secondary N) is 1. The van der Waals surface area contributed by atoms with E-state index in [9.17, 15) is 9.59 Å². The first-order valence-corrected chi connectivity index (χ1v) is 6.93. The number of methoxy groups -OCH3 is 1. The van der Waals surface area contributed by atoms with Gasteiger partial charge in [0.2, 0.25) is 0 Å². The van der Waals surface area contributed by atoms with Crippen molar-refractivity contribution in [3.05, 3.63) is 21.6 Å². The molecule has 1 heterocycles. The van der Waals surface area contributed by atoms with E-state index in [1.54, 1.807) is 6.92 Å². The van der Waals surface area contributed by atoms with Crippen LogP contribution in [0, 0.1) is 5.92 Å². The molecule has 1 aliphatic carbocycles. The molecule has 5 nitrogen and oxygen atoms in total. The summed E-state index contributed by atoms with van der Waals surface area (Å²) in [7, 11) is 1.37. The van der Waals surface area contributed by atoms with E-state index in [-0.39, 0.29) is 17.4 Å². The monoisotopic (exact) mass is 268 g/mol. The molecular formula is C12H16N2O3S. The largest absolute Gasteiger partial charge is 0.469 e. The smallest absolute Gasteiger partial charge is 0.309 e. The lowest BCUT2D eigenvalue weighted by Gasteiger charge is -2.08. The number of aromatic nitrogens is 2. The van der Waals surface area contributed by atoms with E-state index in [2.05, 4.69) is 14.7 Å². The minimum absolute atomic E-state index is 0.0364. The maximum absolute atomic E-state index is 11.8. The van der Waals surface area contributed by atoms with Gasteiger partial charge in [0.25, 0.3) is 5.56 Å². The molecule has 98 valence electrons. The Morgan fingerprint density at radius 3 is 3.06 bits per heavy atom. The van der Waals surface area contributed by atoms with E-state index in [4.69, 9.17) is 0 Å². The number of aromatic amines is 1. The van der Waals surface area contributed by atoms with E-state index in [0.717, 1.165) is 30.5 Å². The predicted molar refractivity (Wildman–Crippen MR) is 68.8 cm³/mol. The molecule has 0 aliphatic heterocycles. The number of carbonyl (C=O) groups is 1. The van der Waals surface area contributed by atoms with Crippen LogP contribution in [0.3, 0.4) is 0 Å². The van der Waals surface area contributed by atoms with Crippen molar-refractivity contribution >= 4 is 17.7 Å². The van der Waals surface area contributed by atoms with Gasteiger partial charge >= 0.3 is 5.97 Å². The third kappa shape index (κ3) is 2.75. The summed E-state index contributed by atoms with van der Waals surface area (Å²) in [4.78, 5) is 30.2. The van der Waals surface area contributed by atoms with Crippen LogP contribution in [-0.2, 0) is 22.4 Å². The Balaban J connectivity index is 2.05. The molecule has 6 heteroatoms. The van der Waals surface area contributed by atoms with Gasteiger partial charge < -0.3 is 9.72 Å². The summed E-state index contributed by atoms with van der Waals surface area (Å²) in [6.45, 7) is 1.80. The summed E-state index contributed by atoms with van der Waals surface area (Å²) in [5.74, 6) is 0.0959. The number of esters is 1. The average Bonchev–Trinajstić information content (AvgIpc) is 2.83. The number of hydrogen-bond donors (Lipinski definition) is 1. The van der Waals surface area contributed by atoms with Gasteiger partial charge in [-0.1, -0.05) is 18.7 Å². The van der Waals surface area contributed by atoms with Crippen molar-refractivity contribution in [1.82, 2.24) is 9.97 Å². The van der Waals surface area contributed by atoms with E-state index < -0.39 is 0 Å². The van der Waals surface area contributed by atoms with E-state index >= 15 is 0 Å². The second kappa shape index (κ2) is 5.56. The summed E-state index contributed by atoms with van der Waals surface area (Å²) in [6, 6.07) is 0. The van der Waals surface area contributed by atoms with Crippen molar-refractivity contribution in [2.75, 3.05) is 12.9 Å². The second-order valence-corrected chi connectivity index (χ2v) is 5.39. The van der Waals surface area contributed by atoms with Crippen LogP contribution in [0.25, 0.3) is 0 Å². The van der Waals surface area contributed by atoms with Gasteiger partial charge in [-0.05, 0) is 19.3 Å². The van der Waals surface area contributed by atoms with Crippen LogP contribution in [0.1, 0.15) is 24.6 Å². The highest BCUT2D eigenvalue weighted by Gasteiger charge is 2.18. The molecule has 0 fully saturated rings. The zero-order valence-electron chi connectivity index (χ0n) is 10.5. The van der Waals surface area contributed by atoms with Crippen molar-refractivity contribution in [2.24, 2.45) is 5.92 Å². The number of nitrogens with zero attached hydrogens (tertiary/aromatic N) is 1. The van der Waals surface area contributed by atoms with Gasteiger partial charge in [0.15, 0.2) is 5.16 Å². The molecule has 1 aliphatic rings. The molecule has 0 saturated heterocycles. The quantitative estimate of drug-likeness (QED) is 0.504. The predicted octanol–water partition coefficient (Wildman–Crippen LogP) is 1.16. The zero-order valence-corrected chi connectivity index (χ0v) is 11.3. The topological polar surface area (TPSA) is 72.0 Å². The van der Waals surface area contributed by atoms with E-state index in [1.165, 1.54) is 18.9 Å². The first kappa shape index (κ1) is 13.1. The summed E-state index contributed by atoms with van der Waals surface area (Å²) < 4.78 is 4.65. The van der Waals surface area contributed by atoms with Crippen LogP contribution in [0.2, 0.25) is 0 Å². The SMILES string of the molecule is COC(=O)[C@H](C)CSc1nc2c(c(=O)[nH]1)CCC2. The van der Waals surface area contributed by atoms with Crippen molar-refractivity contribution in [3.8, 4) is 0 Å². The Kier molecular flexibility index (Phi) is 4.06. The van der Waals surface area contributed by atoms with Crippen molar-refractivity contribution in [2.45, 2.75) is 31.3 Å². The van der Waals surface area contributed by atoms with Gasteiger partial charge in [-0.3, -0.25) is 9.59 Å². The van der Waals surface area contributed by atoms with Crippen LogP contribution in [0.15, 0.2) is 9.95 Å². The third-order valence-electron chi connectivity index (χ3n) is 2.99. The number of rotatable bonds is 4. The molecule has 2 rings (SSSR count). The number of thioether (sulfide) groups is 1. The Hall–Kier alpha value is -1.30. The van der Waals surface area contributed by atoms with Gasteiger partial charge in [-0.25, -0.2) is 4.98 Å². The fourth-order valence-electron chi connectivity index (χ4n) is 1.96. The first-order chi connectivity index (χ1) is 8.61. The fraction of sp³-hybridized carbons (Fsp3) is 0.583. The van der Waals surface area contributed by atoms with Crippen LogP contribution in [-0.4, -0.2) is 28.8 Å². The lowest BCUT2D eigenvalue weighted by Crippen LogP contribution is -2.17. The first-order valence-electron chi connectivity index (χ1n) is 5.94. The molecule has 1 aromatic rings. The Morgan fingerprint density at radius 1 is 1.56 bits per heavy atom. The third-order valence-corrected chi connectivity index (χ3v) is 4.13. The standard InChI is InChI=1S/C12H16N2O3S/c1-7(11(16)17-2)6-18-12-13-9-5-3-4-8(9)10(15)14-12/h7H,3-6H2,1-2H3,(H,13,14,15)/t7-/m1/s1. The zero-order chi connectivity index (χ0) is 13.1. The van der Waals surface area contributed by atoms with Crippen molar-refractivity contribution in [1.29, 1.82) is 0 Å². The fourth-order valence-corrected chi connectivity index (χ4v) is 2.84. The summed E-state index contributed by atoms with van der Waals surface area (Å²) >= 11 is 1.38. The average molecular weight is 268 g/mol. The number of ether oxygens (including phenoxy) is 1. The molecule has 0 spiro atoms. The highest BCUT2D eigenvalue weighted by atomic mass is 32.2. The second-order valence-electron chi connectivity index (χ2n) is 4.39. The molecule has 1 N–H and O–H groups in total. The Bertz CT molecular complexity index is 513. The van der Waals surface area contributed by atoms with E-state index in [0.29, 0.717) is 10.9 Å². The Labute approximate surface area is 109 Å². The molecule has 0 bridgehead atoms. The maximum Gasteiger partial charge on any atom is 0.309 e. The summed E-state index contributed by atoms with van der Waals surface area (Å²) in [6.07, 6.45) is 2.69. The molecule has 1 aromatic heterocycles. The minimum Gasteiger partial charge on any atom is -0.469 e. The molecular weight excluding hydrogens is 252 g/mol. The maximum atomic E-state index is 11.8. The normalized spacial score (nSPS) is 15.2. The number of carbonyl (C=O) groups excluding carboxylic acids is 1.